The molecule has 0 spiro atoms. The van der Waals surface area contributed by atoms with E-state index < -0.39 is 0 Å². The van der Waals surface area contributed by atoms with Crippen molar-refractivity contribution in [2.24, 2.45) is 0 Å². The molecule has 3 heterocycles. The highest BCUT2D eigenvalue weighted by Crippen LogP contribution is 2.30. The van der Waals surface area contributed by atoms with Crippen molar-refractivity contribution in [1.82, 2.24) is 19.4 Å². The zero-order valence-corrected chi connectivity index (χ0v) is 11.4. The van der Waals surface area contributed by atoms with Gasteiger partial charge in [0.05, 0.1) is 11.7 Å². The number of aromatic nitrogens is 4. The standard InChI is InChI=1S/C14H9BrN4/c15-13-12-8-16-5-6-19(12)14(18-13)10-7-17-11-4-2-1-3-9(10)11/h1-8,17H. The zero-order valence-electron chi connectivity index (χ0n) is 9.84. The zero-order chi connectivity index (χ0) is 12.8. The number of hydrogen-bond donors (Lipinski definition) is 1. The number of H-pyrrole nitrogens is 1. The van der Waals surface area contributed by atoms with Crippen molar-refractivity contribution < 1.29 is 0 Å². The molecule has 1 aromatic carbocycles. The van der Waals surface area contributed by atoms with E-state index >= 15 is 0 Å². The van der Waals surface area contributed by atoms with Crippen molar-refractivity contribution in [3.05, 3.63) is 53.7 Å². The van der Waals surface area contributed by atoms with E-state index in [1.807, 2.05) is 28.9 Å². The third-order valence-corrected chi connectivity index (χ3v) is 3.82. The summed E-state index contributed by atoms with van der Waals surface area (Å²) in [7, 11) is 0. The molecule has 0 amide bonds. The molecule has 92 valence electrons. The number of para-hydroxylation sites is 1. The molecule has 19 heavy (non-hydrogen) atoms. The van der Waals surface area contributed by atoms with Crippen molar-refractivity contribution in [3.8, 4) is 11.4 Å². The Morgan fingerprint density at radius 2 is 2.11 bits per heavy atom. The lowest BCUT2D eigenvalue weighted by Gasteiger charge is -1.98. The Balaban J connectivity index is 2.10. The van der Waals surface area contributed by atoms with Gasteiger partial charge in [0.15, 0.2) is 0 Å². The highest BCUT2D eigenvalue weighted by atomic mass is 79.9. The molecule has 0 aliphatic rings. The van der Waals surface area contributed by atoms with E-state index in [2.05, 4.69) is 43.0 Å². The minimum Gasteiger partial charge on any atom is -0.360 e. The molecule has 4 nitrogen and oxygen atoms in total. The Morgan fingerprint density at radius 1 is 1.21 bits per heavy atom. The van der Waals surface area contributed by atoms with Gasteiger partial charge in [0, 0.05) is 35.1 Å². The number of aromatic amines is 1. The highest BCUT2D eigenvalue weighted by Gasteiger charge is 2.14. The number of nitrogens with one attached hydrogen (secondary N) is 1. The van der Waals surface area contributed by atoms with E-state index in [1.165, 1.54) is 5.39 Å². The third kappa shape index (κ3) is 1.51. The number of halogens is 1. The molecular formula is C14H9BrN4. The van der Waals surface area contributed by atoms with Gasteiger partial charge in [-0.25, -0.2) is 4.98 Å². The van der Waals surface area contributed by atoms with Gasteiger partial charge in [0.25, 0.3) is 0 Å². The maximum Gasteiger partial charge on any atom is 0.148 e. The van der Waals surface area contributed by atoms with Gasteiger partial charge >= 0.3 is 0 Å². The molecule has 0 radical (unpaired) electrons. The Kier molecular flexibility index (Phi) is 2.22. The van der Waals surface area contributed by atoms with Crippen LogP contribution in [-0.2, 0) is 0 Å². The highest BCUT2D eigenvalue weighted by molar-refractivity contribution is 9.10. The molecule has 0 saturated carbocycles. The average Bonchev–Trinajstić information content (AvgIpc) is 3.01. The van der Waals surface area contributed by atoms with Crippen LogP contribution in [0.1, 0.15) is 0 Å². The fraction of sp³-hybridized carbons (Fsp3) is 0. The summed E-state index contributed by atoms with van der Waals surface area (Å²) < 4.78 is 2.84. The fourth-order valence-electron chi connectivity index (χ4n) is 2.35. The third-order valence-electron chi connectivity index (χ3n) is 3.23. The largest absolute Gasteiger partial charge is 0.360 e. The van der Waals surface area contributed by atoms with Crippen LogP contribution in [0.2, 0.25) is 0 Å². The van der Waals surface area contributed by atoms with E-state index in [-0.39, 0.29) is 0 Å². The Labute approximate surface area is 117 Å². The first-order valence-electron chi connectivity index (χ1n) is 5.88. The van der Waals surface area contributed by atoms with Crippen molar-refractivity contribution in [2.45, 2.75) is 0 Å². The minimum atomic E-state index is 0.806. The molecule has 0 unspecified atom stereocenters. The average molecular weight is 313 g/mol. The number of rotatable bonds is 1. The lowest BCUT2D eigenvalue weighted by Crippen LogP contribution is -1.88. The second kappa shape index (κ2) is 3.93. The Hall–Kier alpha value is -2.14. The van der Waals surface area contributed by atoms with Crippen molar-refractivity contribution >= 4 is 32.3 Å². The second-order valence-corrected chi connectivity index (χ2v) is 5.06. The quantitative estimate of drug-likeness (QED) is 0.583. The SMILES string of the molecule is Brc1nc(-c2c[nH]c3ccccc23)n2ccncc12. The van der Waals surface area contributed by atoms with Crippen LogP contribution in [0.25, 0.3) is 27.8 Å². The number of fused-ring (bicyclic) bond motifs is 2. The van der Waals surface area contributed by atoms with Crippen molar-refractivity contribution in [2.75, 3.05) is 0 Å². The molecule has 0 fully saturated rings. The van der Waals surface area contributed by atoms with Crippen LogP contribution in [0, 0.1) is 0 Å². The van der Waals surface area contributed by atoms with Crippen molar-refractivity contribution in [3.63, 3.8) is 0 Å². The van der Waals surface area contributed by atoms with Gasteiger partial charge in [-0.05, 0) is 22.0 Å². The maximum absolute atomic E-state index is 4.60. The summed E-state index contributed by atoms with van der Waals surface area (Å²) in [4.78, 5) is 12.0. The molecule has 4 rings (SSSR count). The van der Waals surface area contributed by atoms with Crippen LogP contribution >= 0.6 is 15.9 Å². The summed E-state index contributed by atoms with van der Waals surface area (Å²) in [6, 6.07) is 8.21. The number of hydrogen-bond acceptors (Lipinski definition) is 2. The summed E-state index contributed by atoms with van der Waals surface area (Å²) in [6.45, 7) is 0. The topological polar surface area (TPSA) is 46.0 Å². The summed E-state index contributed by atoms with van der Waals surface area (Å²) >= 11 is 3.49. The van der Waals surface area contributed by atoms with Crippen molar-refractivity contribution in [1.29, 1.82) is 0 Å². The van der Waals surface area contributed by atoms with E-state index in [1.54, 1.807) is 12.4 Å². The first-order valence-corrected chi connectivity index (χ1v) is 6.68. The molecule has 5 heteroatoms. The smallest absolute Gasteiger partial charge is 0.148 e. The van der Waals surface area contributed by atoms with E-state index in [0.717, 1.165) is 27.0 Å². The van der Waals surface area contributed by atoms with Gasteiger partial charge in [0.1, 0.15) is 10.4 Å². The summed E-state index contributed by atoms with van der Waals surface area (Å²) in [6.07, 6.45) is 7.48. The molecule has 0 aliphatic carbocycles. The van der Waals surface area contributed by atoms with Crippen LogP contribution in [0.4, 0.5) is 0 Å². The van der Waals surface area contributed by atoms with Gasteiger partial charge in [-0.2, -0.15) is 0 Å². The molecule has 0 bridgehead atoms. The van der Waals surface area contributed by atoms with E-state index in [0.29, 0.717) is 0 Å². The molecule has 0 aliphatic heterocycles. The normalized spacial score (nSPS) is 11.4. The van der Waals surface area contributed by atoms with Gasteiger partial charge in [-0.1, -0.05) is 18.2 Å². The molecule has 4 aromatic rings. The van der Waals surface area contributed by atoms with Gasteiger partial charge < -0.3 is 4.98 Å². The van der Waals surface area contributed by atoms with Crippen LogP contribution in [0.3, 0.4) is 0 Å². The lowest BCUT2D eigenvalue weighted by atomic mass is 10.1. The predicted molar refractivity (Wildman–Crippen MR) is 78.0 cm³/mol. The monoisotopic (exact) mass is 312 g/mol. The molecule has 0 atom stereocenters. The molecule has 1 N–H and O–H groups in total. The van der Waals surface area contributed by atoms with Gasteiger partial charge in [0.2, 0.25) is 0 Å². The minimum absolute atomic E-state index is 0.806. The van der Waals surface area contributed by atoms with Crippen LogP contribution in [0.5, 0.6) is 0 Å². The summed E-state index contributed by atoms with van der Waals surface area (Å²) in [5.74, 6) is 0.904. The second-order valence-electron chi connectivity index (χ2n) is 4.31. The maximum atomic E-state index is 4.60. The number of benzene rings is 1. The first kappa shape index (κ1) is 10.8. The lowest BCUT2D eigenvalue weighted by molar-refractivity contribution is 1.12. The first-order chi connectivity index (χ1) is 9.34. The molecule has 3 aromatic heterocycles. The van der Waals surface area contributed by atoms with Crippen LogP contribution in [-0.4, -0.2) is 19.4 Å². The predicted octanol–water partition coefficient (Wildman–Crippen LogP) is 3.64. The van der Waals surface area contributed by atoms with Crippen LogP contribution < -0.4 is 0 Å². The van der Waals surface area contributed by atoms with E-state index in [9.17, 15) is 0 Å². The molecular weight excluding hydrogens is 304 g/mol. The number of imidazole rings is 1. The number of nitrogens with zero attached hydrogens (tertiary/aromatic N) is 3. The Bertz CT molecular complexity index is 891. The van der Waals surface area contributed by atoms with Gasteiger partial charge in [-0.3, -0.25) is 9.38 Å². The van der Waals surface area contributed by atoms with E-state index in [4.69, 9.17) is 0 Å². The summed E-state index contributed by atoms with van der Waals surface area (Å²) in [5, 5.41) is 1.17. The summed E-state index contributed by atoms with van der Waals surface area (Å²) in [5.41, 5.74) is 3.16. The van der Waals surface area contributed by atoms with Gasteiger partial charge in [-0.15, -0.1) is 0 Å². The van der Waals surface area contributed by atoms with Crippen LogP contribution in [0.15, 0.2) is 53.7 Å². The Morgan fingerprint density at radius 3 is 3.05 bits per heavy atom. The fourth-order valence-corrected chi connectivity index (χ4v) is 2.81. The molecule has 0 saturated heterocycles.